The summed E-state index contributed by atoms with van der Waals surface area (Å²) in [4.78, 5) is 16.2. The minimum atomic E-state index is -0.346. The van der Waals surface area contributed by atoms with Crippen LogP contribution in [0.2, 0.25) is 0 Å². The monoisotopic (exact) mass is 304 g/mol. The fraction of sp³-hybridized carbons (Fsp3) is 0.500. The average Bonchev–Trinajstić information content (AvgIpc) is 2.91. The van der Waals surface area contributed by atoms with Crippen LogP contribution >= 0.6 is 0 Å². The Balaban J connectivity index is 1.73. The molecule has 0 fully saturated rings. The van der Waals surface area contributed by atoms with Crippen molar-refractivity contribution in [3.63, 3.8) is 0 Å². The molecule has 2 heterocycles. The Bertz CT molecular complexity index is 624. The van der Waals surface area contributed by atoms with Gasteiger partial charge in [0.15, 0.2) is 0 Å². The highest BCUT2D eigenvalue weighted by molar-refractivity contribution is 5.73. The normalized spacial score (nSPS) is 12.3. The molecule has 0 radical (unpaired) electrons. The zero-order valence-electron chi connectivity index (χ0n) is 13.2. The van der Waals surface area contributed by atoms with E-state index in [-0.39, 0.29) is 12.1 Å². The van der Waals surface area contributed by atoms with E-state index < -0.39 is 0 Å². The van der Waals surface area contributed by atoms with Crippen LogP contribution in [-0.4, -0.2) is 39.7 Å². The molecule has 2 aromatic rings. The second-order valence-electron chi connectivity index (χ2n) is 5.44. The summed E-state index contributed by atoms with van der Waals surface area (Å²) in [6, 6.07) is 3.82. The fourth-order valence-electron chi connectivity index (χ4n) is 2.25. The van der Waals surface area contributed by atoms with Crippen molar-refractivity contribution >= 4 is 11.7 Å². The third kappa shape index (κ3) is 4.46. The molecule has 2 amide bonds. The minimum Gasteiger partial charge on any atom is -0.393 e. The number of nitrogens with zero attached hydrogens (tertiary/aromatic N) is 2. The summed E-state index contributed by atoms with van der Waals surface area (Å²) < 4.78 is 2.00. The molecule has 6 heteroatoms. The van der Waals surface area contributed by atoms with Gasteiger partial charge in [0, 0.05) is 31.9 Å². The summed E-state index contributed by atoms with van der Waals surface area (Å²) in [6.07, 6.45) is 5.58. The predicted octanol–water partition coefficient (Wildman–Crippen LogP) is 1.65. The lowest BCUT2D eigenvalue weighted by molar-refractivity contribution is 0.160. The van der Waals surface area contributed by atoms with Gasteiger partial charge in [-0.15, -0.1) is 0 Å². The second kappa shape index (κ2) is 7.79. The van der Waals surface area contributed by atoms with Crippen LogP contribution in [0.25, 0.3) is 5.65 Å². The van der Waals surface area contributed by atoms with E-state index in [2.05, 4.69) is 15.6 Å². The molecule has 2 rings (SSSR count). The van der Waals surface area contributed by atoms with Crippen LogP contribution in [0.15, 0.2) is 24.5 Å². The highest BCUT2D eigenvalue weighted by Gasteiger charge is 2.05. The molecule has 2 aromatic heterocycles. The SMILES string of the molecule is CCC(O)CCNC(=O)NCCc1cn2cccc(C)c2n1. The molecule has 0 aliphatic carbocycles. The van der Waals surface area contributed by atoms with Gasteiger partial charge in [-0.05, 0) is 31.4 Å². The number of carbonyl (C=O) groups is 1. The third-order valence-electron chi connectivity index (χ3n) is 3.63. The molecular weight excluding hydrogens is 280 g/mol. The van der Waals surface area contributed by atoms with Gasteiger partial charge in [0.1, 0.15) is 5.65 Å². The van der Waals surface area contributed by atoms with Gasteiger partial charge < -0.3 is 20.1 Å². The highest BCUT2D eigenvalue weighted by Crippen LogP contribution is 2.09. The lowest BCUT2D eigenvalue weighted by Crippen LogP contribution is -2.37. The molecule has 0 aromatic carbocycles. The minimum absolute atomic E-state index is 0.205. The molecule has 1 atom stereocenters. The van der Waals surface area contributed by atoms with Crippen molar-refractivity contribution in [2.45, 2.75) is 39.2 Å². The van der Waals surface area contributed by atoms with Crippen molar-refractivity contribution < 1.29 is 9.90 Å². The van der Waals surface area contributed by atoms with E-state index in [1.807, 2.05) is 42.8 Å². The number of pyridine rings is 1. The zero-order chi connectivity index (χ0) is 15.9. The maximum absolute atomic E-state index is 11.6. The lowest BCUT2D eigenvalue weighted by Gasteiger charge is -2.09. The van der Waals surface area contributed by atoms with Crippen molar-refractivity contribution in [3.05, 3.63) is 35.8 Å². The van der Waals surface area contributed by atoms with Crippen molar-refractivity contribution in [1.82, 2.24) is 20.0 Å². The maximum Gasteiger partial charge on any atom is 0.314 e. The third-order valence-corrected chi connectivity index (χ3v) is 3.63. The van der Waals surface area contributed by atoms with Gasteiger partial charge in [-0.3, -0.25) is 0 Å². The van der Waals surface area contributed by atoms with E-state index in [0.29, 0.717) is 32.4 Å². The van der Waals surface area contributed by atoms with E-state index in [4.69, 9.17) is 0 Å². The Labute approximate surface area is 130 Å². The zero-order valence-corrected chi connectivity index (χ0v) is 13.2. The number of imidazole rings is 1. The van der Waals surface area contributed by atoms with E-state index in [9.17, 15) is 9.90 Å². The van der Waals surface area contributed by atoms with Crippen molar-refractivity contribution in [2.24, 2.45) is 0 Å². The number of urea groups is 1. The van der Waals surface area contributed by atoms with Crippen LogP contribution in [0.5, 0.6) is 0 Å². The van der Waals surface area contributed by atoms with Gasteiger partial charge in [0.2, 0.25) is 0 Å². The van der Waals surface area contributed by atoms with Crippen molar-refractivity contribution in [3.8, 4) is 0 Å². The molecule has 0 aliphatic heterocycles. The number of hydrogen-bond donors (Lipinski definition) is 3. The summed E-state index contributed by atoms with van der Waals surface area (Å²) >= 11 is 0. The predicted molar refractivity (Wildman–Crippen MR) is 85.9 cm³/mol. The van der Waals surface area contributed by atoms with Crippen LogP contribution in [0.4, 0.5) is 4.79 Å². The molecule has 0 aliphatic rings. The summed E-state index contributed by atoms with van der Waals surface area (Å²) in [5, 5.41) is 14.9. The van der Waals surface area contributed by atoms with E-state index >= 15 is 0 Å². The molecule has 3 N–H and O–H groups in total. The Morgan fingerprint density at radius 2 is 2.18 bits per heavy atom. The Morgan fingerprint density at radius 1 is 1.41 bits per heavy atom. The van der Waals surface area contributed by atoms with E-state index in [0.717, 1.165) is 16.9 Å². The number of aromatic nitrogens is 2. The van der Waals surface area contributed by atoms with Crippen LogP contribution in [0.3, 0.4) is 0 Å². The average molecular weight is 304 g/mol. The summed E-state index contributed by atoms with van der Waals surface area (Å²) in [5.74, 6) is 0. The Morgan fingerprint density at radius 3 is 2.91 bits per heavy atom. The number of aliphatic hydroxyl groups excluding tert-OH is 1. The number of fused-ring (bicyclic) bond motifs is 1. The van der Waals surface area contributed by atoms with E-state index in [1.54, 1.807) is 0 Å². The first kappa shape index (κ1) is 16.3. The van der Waals surface area contributed by atoms with Crippen LogP contribution in [-0.2, 0) is 6.42 Å². The molecule has 22 heavy (non-hydrogen) atoms. The number of rotatable bonds is 7. The quantitative estimate of drug-likeness (QED) is 0.727. The summed E-state index contributed by atoms with van der Waals surface area (Å²) in [7, 11) is 0. The second-order valence-corrected chi connectivity index (χ2v) is 5.44. The smallest absolute Gasteiger partial charge is 0.314 e. The van der Waals surface area contributed by atoms with Gasteiger partial charge in [-0.25, -0.2) is 9.78 Å². The molecule has 6 nitrogen and oxygen atoms in total. The fourth-order valence-corrected chi connectivity index (χ4v) is 2.25. The molecule has 0 spiro atoms. The van der Waals surface area contributed by atoms with Crippen molar-refractivity contribution in [1.29, 1.82) is 0 Å². The molecule has 0 saturated carbocycles. The van der Waals surface area contributed by atoms with Crippen LogP contribution < -0.4 is 10.6 Å². The number of aliphatic hydroxyl groups is 1. The number of hydrogen-bond acceptors (Lipinski definition) is 3. The number of nitrogens with one attached hydrogen (secondary N) is 2. The summed E-state index contributed by atoms with van der Waals surface area (Å²) in [5.41, 5.74) is 3.04. The molecule has 0 bridgehead atoms. The van der Waals surface area contributed by atoms with Crippen molar-refractivity contribution in [2.75, 3.05) is 13.1 Å². The van der Waals surface area contributed by atoms with Gasteiger partial charge in [-0.1, -0.05) is 13.0 Å². The molecule has 120 valence electrons. The lowest BCUT2D eigenvalue weighted by atomic mass is 10.2. The van der Waals surface area contributed by atoms with Crippen LogP contribution in [0, 0.1) is 6.92 Å². The van der Waals surface area contributed by atoms with Crippen LogP contribution in [0.1, 0.15) is 31.0 Å². The van der Waals surface area contributed by atoms with E-state index in [1.165, 1.54) is 0 Å². The molecule has 0 saturated heterocycles. The Kier molecular flexibility index (Phi) is 5.77. The largest absolute Gasteiger partial charge is 0.393 e. The standard InChI is InChI=1S/C16H24N4O2/c1-3-14(21)7-9-18-16(22)17-8-6-13-11-20-10-4-5-12(2)15(20)19-13/h4-5,10-11,14,21H,3,6-9H2,1-2H3,(H2,17,18,22). The molecule has 1 unspecified atom stereocenters. The number of amides is 2. The maximum atomic E-state index is 11.6. The molecular formula is C16H24N4O2. The van der Waals surface area contributed by atoms with Gasteiger partial charge >= 0.3 is 6.03 Å². The van der Waals surface area contributed by atoms with Gasteiger partial charge in [-0.2, -0.15) is 0 Å². The topological polar surface area (TPSA) is 78.7 Å². The Hall–Kier alpha value is -2.08. The highest BCUT2D eigenvalue weighted by atomic mass is 16.3. The van der Waals surface area contributed by atoms with Gasteiger partial charge in [0.25, 0.3) is 0 Å². The van der Waals surface area contributed by atoms with Gasteiger partial charge in [0.05, 0.1) is 11.8 Å². The first-order valence-corrected chi connectivity index (χ1v) is 7.73. The first-order valence-electron chi connectivity index (χ1n) is 7.73. The number of aryl methyl sites for hydroxylation is 1. The summed E-state index contributed by atoms with van der Waals surface area (Å²) in [6.45, 7) is 4.96. The number of carbonyl (C=O) groups excluding carboxylic acids is 1. The first-order chi connectivity index (χ1) is 10.6.